The molecule has 2 unspecified atom stereocenters. The largest absolute Gasteiger partial charge is 0.480 e. The van der Waals surface area contributed by atoms with E-state index >= 15 is 0 Å². The Kier molecular flexibility index (Phi) is 8.12. The molecule has 0 aromatic heterocycles. The summed E-state index contributed by atoms with van der Waals surface area (Å²) in [6.45, 7) is 7.41. The molecule has 0 bridgehead atoms. The second kappa shape index (κ2) is 8.44. The van der Waals surface area contributed by atoms with Crippen LogP contribution in [0.25, 0.3) is 0 Å². The van der Waals surface area contributed by atoms with Gasteiger partial charge in [-0.05, 0) is 33.1 Å². The molecule has 0 spiro atoms. The molecule has 0 amide bonds. The van der Waals surface area contributed by atoms with Crippen LogP contribution in [0.4, 0.5) is 0 Å². The summed E-state index contributed by atoms with van der Waals surface area (Å²) in [4.78, 5) is 10.9. The zero-order chi connectivity index (χ0) is 13.3. The molecule has 5 nitrogen and oxygen atoms in total. The van der Waals surface area contributed by atoms with Crippen LogP contribution in [0.2, 0.25) is 0 Å². The Balaban J connectivity index is 3.72. The fourth-order valence-electron chi connectivity index (χ4n) is 1.44. The summed E-state index contributed by atoms with van der Waals surface area (Å²) in [5.74, 6) is -0.942. The topological polar surface area (TPSA) is 81.8 Å². The summed E-state index contributed by atoms with van der Waals surface area (Å²) in [7, 11) is 0. The monoisotopic (exact) mass is 247 g/mol. The van der Waals surface area contributed by atoms with Crippen molar-refractivity contribution in [2.75, 3.05) is 19.8 Å². The van der Waals surface area contributed by atoms with E-state index in [4.69, 9.17) is 20.3 Å². The average Bonchev–Trinajstić information content (AvgIpc) is 2.31. The fraction of sp³-hybridized carbons (Fsp3) is 0.917. The lowest BCUT2D eigenvalue weighted by molar-refractivity contribution is -0.144. The first-order valence-electron chi connectivity index (χ1n) is 6.18. The van der Waals surface area contributed by atoms with Gasteiger partial charge in [-0.3, -0.25) is 4.79 Å². The molecule has 0 radical (unpaired) electrons. The molecule has 3 N–H and O–H groups in total. The number of rotatable bonds is 10. The van der Waals surface area contributed by atoms with Gasteiger partial charge in [-0.25, -0.2) is 0 Å². The van der Waals surface area contributed by atoms with E-state index in [1.165, 1.54) is 0 Å². The zero-order valence-corrected chi connectivity index (χ0v) is 11.1. The van der Waals surface area contributed by atoms with Gasteiger partial charge < -0.3 is 20.3 Å². The van der Waals surface area contributed by atoms with E-state index in [-0.39, 0.29) is 6.10 Å². The van der Waals surface area contributed by atoms with Crippen LogP contribution in [0.5, 0.6) is 0 Å². The third-order valence-corrected chi connectivity index (χ3v) is 2.78. The van der Waals surface area contributed by atoms with Gasteiger partial charge in [-0.1, -0.05) is 6.92 Å². The summed E-state index contributed by atoms with van der Waals surface area (Å²) < 4.78 is 10.7. The van der Waals surface area contributed by atoms with Gasteiger partial charge in [0.2, 0.25) is 0 Å². The number of hydrogen-bond donors (Lipinski definition) is 2. The normalized spacial score (nSPS) is 16.5. The van der Waals surface area contributed by atoms with Crippen molar-refractivity contribution >= 4 is 5.97 Å². The van der Waals surface area contributed by atoms with Gasteiger partial charge in [0, 0.05) is 13.2 Å². The number of nitrogens with two attached hydrogens (primary N) is 1. The number of ether oxygens (including phenoxy) is 2. The van der Waals surface area contributed by atoms with Gasteiger partial charge in [-0.15, -0.1) is 0 Å². The quantitative estimate of drug-likeness (QED) is 0.570. The summed E-state index contributed by atoms with van der Waals surface area (Å²) >= 11 is 0. The van der Waals surface area contributed by atoms with Gasteiger partial charge in [0.15, 0.2) is 0 Å². The van der Waals surface area contributed by atoms with Gasteiger partial charge in [0.1, 0.15) is 5.54 Å². The number of carboxylic acids is 1. The second-order valence-electron chi connectivity index (χ2n) is 4.26. The molecule has 0 aromatic carbocycles. The van der Waals surface area contributed by atoms with E-state index in [1.54, 1.807) is 6.92 Å². The molecule has 0 aliphatic heterocycles. The van der Waals surface area contributed by atoms with E-state index in [0.29, 0.717) is 39.1 Å². The lowest BCUT2D eigenvalue weighted by atomic mass is 9.92. The standard InChI is InChI=1S/C12H25NO4/c1-4-12(13,11(14)15)7-6-8-17-10(3)9-16-5-2/h10H,4-9,13H2,1-3H3,(H,14,15). The second-order valence-corrected chi connectivity index (χ2v) is 4.26. The molecule has 0 saturated carbocycles. The lowest BCUT2D eigenvalue weighted by Gasteiger charge is -2.23. The van der Waals surface area contributed by atoms with Crippen molar-refractivity contribution in [2.45, 2.75) is 51.7 Å². The SMILES string of the molecule is CCOCC(C)OCCCC(N)(CC)C(=O)O. The number of carboxylic acid groups (broad SMARTS) is 1. The Morgan fingerprint density at radius 3 is 2.59 bits per heavy atom. The van der Waals surface area contributed by atoms with Gasteiger partial charge in [0.25, 0.3) is 0 Å². The number of aliphatic carboxylic acids is 1. The molecule has 17 heavy (non-hydrogen) atoms. The molecule has 5 heteroatoms. The maximum atomic E-state index is 10.9. The minimum atomic E-state index is -1.12. The van der Waals surface area contributed by atoms with Crippen LogP contribution in [0.3, 0.4) is 0 Å². The summed E-state index contributed by atoms with van der Waals surface area (Å²) in [6, 6.07) is 0. The van der Waals surface area contributed by atoms with Crippen molar-refractivity contribution in [3.05, 3.63) is 0 Å². The van der Waals surface area contributed by atoms with E-state index < -0.39 is 11.5 Å². The van der Waals surface area contributed by atoms with Crippen molar-refractivity contribution in [3.63, 3.8) is 0 Å². The molecule has 0 heterocycles. The van der Waals surface area contributed by atoms with Crippen molar-refractivity contribution in [2.24, 2.45) is 5.73 Å². The van der Waals surface area contributed by atoms with Crippen molar-refractivity contribution in [3.8, 4) is 0 Å². The first kappa shape index (κ1) is 16.4. The maximum absolute atomic E-state index is 10.9. The van der Waals surface area contributed by atoms with Crippen LogP contribution < -0.4 is 5.73 Å². The Bertz CT molecular complexity index is 223. The molecule has 2 atom stereocenters. The molecule has 0 aliphatic rings. The Morgan fingerprint density at radius 1 is 1.47 bits per heavy atom. The average molecular weight is 247 g/mol. The fourth-order valence-corrected chi connectivity index (χ4v) is 1.44. The smallest absolute Gasteiger partial charge is 0.323 e. The number of hydrogen-bond acceptors (Lipinski definition) is 4. The van der Waals surface area contributed by atoms with Crippen LogP contribution in [0.15, 0.2) is 0 Å². The van der Waals surface area contributed by atoms with Crippen LogP contribution in [-0.4, -0.2) is 42.5 Å². The van der Waals surface area contributed by atoms with E-state index in [0.717, 1.165) is 0 Å². The first-order valence-corrected chi connectivity index (χ1v) is 6.18. The Hall–Kier alpha value is -0.650. The molecule has 0 aliphatic carbocycles. The third kappa shape index (κ3) is 6.61. The minimum Gasteiger partial charge on any atom is -0.480 e. The highest BCUT2D eigenvalue weighted by molar-refractivity contribution is 5.78. The lowest BCUT2D eigenvalue weighted by Crippen LogP contribution is -2.47. The molecular weight excluding hydrogens is 222 g/mol. The van der Waals surface area contributed by atoms with Crippen molar-refractivity contribution in [1.29, 1.82) is 0 Å². The molecule has 0 aromatic rings. The predicted molar refractivity (Wildman–Crippen MR) is 66.0 cm³/mol. The molecule has 0 saturated heterocycles. The third-order valence-electron chi connectivity index (χ3n) is 2.78. The van der Waals surface area contributed by atoms with Crippen LogP contribution in [0, 0.1) is 0 Å². The minimum absolute atomic E-state index is 0.0357. The van der Waals surface area contributed by atoms with Crippen molar-refractivity contribution < 1.29 is 19.4 Å². The molecule has 0 fully saturated rings. The van der Waals surface area contributed by atoms with E-state index in [9.17, 15) is 4.79 Å². The maximum Gasteiger partial charge on any atom is 0.323 e. The Morgan fingerprint density at radius 2 is 2.12 bits per heavy atom. The summed E-state index contributed by atoms with van der Waals surface area (Å²) in [5, 5.41) is 8.97. The highest BCUT2D eigenvalue weighted by Crippen LogP contribution is 2.14. The van der Waals surface area contributed by atoms with Crippen LogP contribution in [-0.2, 0) is 14.3 Å². The predicted octanol–water partition coefficient (Wildman–Crippen LogP) is 1.40. The molecule has 0 rings (SSSR count). The van der Waals surface area contributed by atoms with Crippen molar-refractivity contribution in [1.82, 2.24) is 0 Å². The van der Waals surface area contributed by atoms with Gasteiger partial charge in [0.05, 0.1) is 12.7 Å². The van der Waals surface area contributed by atoms with Crippen LogP contribution >= 0.6 is 0 Å². The van der Waals surface area contributed by atoms with Crippen LogP contribution in [0.1, 0.15) is 40.0 Å². The van der Waals surface area contributed by atoms with E-state index in [1.807, 2.05) is 13.8 Å². The highest BCUT2D eigenvalue weighted by atomic mass is 16.5. The van der Waals surface area contributed by atoms with Gasteiger partial charge in [-0.2, -0.15) is 0 Å². The van der Waals surface area contributed by atoms with E-state index in [2.05, 4.69) is 0 Å². The molecule has 102 valence electrons. The summed E-state index contributed by atoms with van der Waals surface area (Å²) in [6.07, 6.45) is 1.54. The first-order chi connectivity index (χ1) is 7.96. The Labute approximate surface area is 103 Å². The highest BCUT2D eigenvalue weighted by Gasteiger charge is 2.30. The zero-order valence-electron chi connectivity index (χ0n) is 11.1. The molecular formula is C12H25NO4. The van der Waals surface area contributed by atoms with Gasteiger partial charge >= 0.3 is 5.97 Å². The summed E-state index contributed by atoms with van der Waals surface area (Å²) in [5.41, 5.74) is 4.64. The number of carbonyl (C=O) groups is 1.